The van der Waals surface area contributed by atoms with Crippen LogP contribution in [0.4, 0.5) is 37.1 Å². The minimum atomic E-state index is -4.60. The first-order valence-corrected chi connectivity index (χ1v) is 12.6. The summed E-state index contributed by atoms with van der Waals surface area (Å²) in [7, 11) is 0. The Bertz CT molecular complexity index is 1380. The Balaban J connectivity index is 1.86. The standard InChI is InChI=1S/C27H31F6N5O3/c1-24(2,3)21(39)41-15-25(4,17-8-6-9-18(13-17)27(31,32)33)38-22-36-19-10-5-7-16(20(19)37-22)14-35-23(40)34-12-11-26(28,29)30/h5-10,13H,11-12,14-15H2,1-4H3,(H2,34,35,40)(H2,36,37,38). The fourth-order valence-electron chi connectivity index (χ4n) is 3.77. The van der Waals surface area contributed by atoms with Crippen molar-refractivity contribution in [3.8, 4) is 0 Å². The first-order chi connectivity index (χ1) is 18.9. The van der Waals surface area contributed by atoms with E-state index in [9.17, 15) is 35.9 Å². The summed E-state index contributed by atoms with van der Waals surface area (Å²) in [6, 6.07) is 8.84. The second-order valence-corrected chi connectivity index (χ2v) is 10.7. The molecule has 3 aromatic rings. The molecule has 0 saturated heterocycles. The van der Waals surface area contributed by atoms with E-state index >= 15 is 0 Å². The number of carbonyl (C=O) groups is 2. The summed E-state index contributed by atoms with van der Waals surface area (Å²) in [5.41, 5.74) is -1.45. The number of imidazole rings is 1. The number of rotatable bonds is 9. The SMILES string of the molecule is CC(C)(C)C(=O)OCC(C)(Nc1nc2c(CNC(=O)NCCC(F)(F)F)cccc2[nH]1)c1cccc(C(F)(F)F)c1. The number of halogens is 6. The number of para-hydroxylation sites is 1. The number of aromatic nitrogens is 2. The Hall–Kier alpha value is -3.97. The lowest BCUT2D eigenvalue weighted by Gasteiger charge is -2.32. The van der Waals surface area contributed by atoms with Gasteiger partial charge in [-0.05, 0) is 57.0 Å². The van der Waals surface area contributed by atoms with Crippen molar-refractivity contribution < 1.29 is 40.7 Å². The molecule has 3 rings (SSSR count). The number of carbonyl (C=O) groups excluding carboxylic acids is 2. The summed E-state index contributed by atoms with van der Waals surface area (Å²) in [6.45, 7) is 5.55. The van der Waals surface area contributed by atoms with Crippen molar-refractivity contribution in [3.63, 3.8) is 0 Å². The van der Waals surface area contributed by atoms with Crippen molar-refractivity contribution in [2.45, 2.75) is 58.6 Å². The molecule has 1 heterocycles. The third kappa shape index (κ3) is 8.76. The Kier molecular flexibility index (Phi) is 9.14. The number of fused-ring (bicyclic) bond motifs is 1. The van der Waals surface area contributed by atoms with Gasteiger partial charge in [0.1, 0.15) is 6.61 Å². The molecule has 0 aliphatic heterocycles. The molecule has 0 saturated carbocycles. The molecule has 0 bridgehead atoms. The quantitative estimate of drug-likeness (QED) is 0.175. The number of esters is 1. The van der Waals surface area contributed by atoms with Gasteiger partial charge in [0, 0.05) is 13.1 Å². The monoisotopic (exact) mass is 587 g/mol. The van der Waals surface area contributed by atoms with Crippen LogP contribution in [0.15, 0.2) is 42.5 Å². The van der Waals surface area contributed by atoms with E-state index in [0.717, 1.165) is 12.1 Å². The van der Waals surface area contributed by atoms with Gasteiger partial charge in [0.15, 0.2) is 0 Å². The normalized spacial score (nSPS) is 13.9. The number of ether oxygens (including phenoxy) is 1. The van der Waals surface area contributed by atoms with E-state index in [2.05, 4.69) is 25.9 Å². The van der Waals surface area contributed by atoms with Crippen LogP contribution in [-0.2, 0) is 27.8 Å². The maximum atomic E-state index is 13.5. The predicted molar refractivity (Wildman–Crippen MR) is 140 cm³/mol. The van der Waals surface area contributed by atoms with Crippen LogP contribution in [0.5, 0.6) is 0 Å². The van der Waals surface area contributed by atoms with Gasteiger partial charge >= 0.3 is 24.4 Å². The Morgan fingerprint density at radius 2 is 1.59 bits per heavy atom. The number of benzene rings is 2. The van der Waals surface area contributed by atoms with E-state index < -0.39 is 53.8 Å². The minimum Gasteiger partial charge on any atom is -0.462 e. The molecule has 1 aromatic heterocycles. The number of aromatic amines is 1. The van der Waals surface area contributed by atoms with Crippen LogP contribution in [0.1, 0.15) is 50.8 Å². The minimum absolute atomic E-state index is 0.0619. The fourth-order valence-corrected chi connectivity index (χ4v) is 3.77. The highest BCUT2D eigenvalue weighted by molar-refractivity contribution is 5.82. The smallest absolute Gasteiger partial charge is 0.416 e. The van der Waals surface area contributed by atoms with Gasteiger partial charge in [-0.1, -0.05) is 24.3 Å². The molecule has 2 aromatic carbocycles. The predicted octanol–water partition coefficient (Wildman–Crippen LogP) is 6.25. The molecule has 41 heavy (non-hydrogen) atoms. The molecule has 1 atom stereocenters. The molecule has 8 nitrogen and oxygen atoms in total. The van der Waals surface area contributed by atoms with E-state index in [4.69, 9.17) is 4.74 Å². The van der Waals surface area contributed by atoms with Gasteiger partial charge < -0.3 is 25.7 Å². The summed E-state index contributed by atoms with van der Waals surface area (Å²) < 4.78 is 82.9. The van der Waals surface area contributed by atoms with E-state index in [-0.39, 0.29) is 24.7 Å². The highest BCUT2D eigenvalue weighted by atomic mass is 19.4. The molecule has 0 aliphatic carbocycles. The van der Waals surface area contributed by atoms with Crippen LogP contribution < -0.4 is 16.0 Å². The lowest BCUT2D eigenvalue weighted by Crippen LogP contribution is -2.40. The maximum Gasteiger partial charge on any atom is 0.416 e. The lowest BCUT2D eigenvalue weighted by atomic mass is 9.91. The zero-order valence-corrected chi connectivity index (χ0v) is 22.8. The zero-order valence-electron chi connectivity index (χ0n) is 22.8. The van der Waals surface area contributed by atoms with Crippen molar-refractivity contribution in [3.05, 3.63) is 59.2 Å². The molecule has 0 radical (unpaired) electrons. The summed E-state index contributed by atoms with van der Waals surface area (Å²) >= 11 is 0. The van der Waals surface area contributed by atoms with E-state index in [0.29, 0.717) is 16.6 Å². The Morgan fingerprint density at radius 1 is 0.927 bits per heavy atom. The molecule has 14 heteroatoms. The van der Waals surface area contributed by atoms with Gasteiger partial charge in [0.2, 0.25) is 5.95 Å². The average Bonchev–Trinajstić information content (AvgIpc) is 3.27. The van der Waals surface area contributed by atoms with E-state index in [1.807, 2.05) is 0 Å². The van der Waals surface area contributed by atoms with Gasteiger partial charge in [-0.15, -0.1) is 0 Å². The average molecular weight is 588 g/mol. The van der Waals surface area contributed by atoms with Crippen molar-refractivity contribution >= 4 is 29.0 Å². The van der Waals surface area contributed by atoms with Crippen molar-refractivity contribution in [1.82, 2.24) is 20.6 Å². The van der Waals surface area contributed by atoms with Gasteiger partial charge in [-0.3, -0.25) is 4.79 Å². The topological polar surface area (TPSA) is 108 Å². The highest BCUT2D eigenvalue weighted by Gasteiger charge is 2.36. The number of nitrogens with zero attached hydrogens (tertiary/aromatic N) is 1. The van der Waals surface area contributed by atoms with Crippen LogP contribution in [0.3, 0.4) is 0 Å². The summed E-state index contributed by atoms with van der Waals surface area (Å²) in [6.07, 6.45) is -10.2. The number of amides is 2. The van der Waals surface area contributed by atoms with Gasteiger partial charge in [0.25, 0.3) is 0 Å². The lowest BCUT2D eigenvalue weighted by molar-refractivity contribution is -0.154. The molecule has 4 N–H and O–H groups in total. The van der Waals surface area contributed by atoms with Crippen LogP contribution >= 0.6 is 0 Å². The van der Waals surface area contributed by atoms with Crippen molar-refractivity contribution in [2.75, 3.05) is 18.5 Å². The van der Waals surface area contributed by atoms with Crippen molar-refractivity contribution in [2.24, 2.45) is 5.41 Å². The molecule has 0 aliphatic rings. The molecule has 2 amide bonds. The molecule has 224 valence electrons. The second-order valence-electron chi connectivity index (χ2n) is 10.7. The molecule has 1 unspecified atom stereocenters. The number of alkyl halides is 6. The molecular weight excluding hydrogens is 556 g/mol. The summed E-state index contributed by atoms with van der Waals surface area (Å²) in [4.78, 5) is 31.9. The van der Waals surface area contributed by atoms with Gasteiger partial charge in [0.05, 0.1) is 34.0 Å². The molecule has 0 spiro atoms. The van der Waals surface area contributed by atoms with E-state index in [1.165, 1.54) is 12.1 Å². The Labute approximate surface area is 232 Å². The molecular formula is C27H31F6N5O3. The zero-order chi connectivity index (χ0) is 30.6. The maximum absolute atomic E-state index is 13.5. The highest BCUT2D eigenvalue weighted by Crippen LogP contribution is 2.34. The number of hydrogen-bond donors (Lipinski definition) is 4. The van der Waals surface area contributed by atoms with Crippen molar-refractivity contribution in [1.29, 1.82) is 0 Å². The summed E-state index contributed by atoms with van der Waals surface area (Å²) in [5.74, 6) is -0.405. The van der Waals surface area contributed by atoms with Gasteiger partial charge in [-0.2, -0.15) is 26.3 Å². The third-order valence-corrected chi connectivity index (χ3v) is 6.06. The van der Waals surface area contributed by atoms with Crippen LogP contribution in [0, 0.1) is 5.41 Å². The number of urea groups is 1. The Morgan fingerprint density at radius 3 is 2.22 bits per heavy atom. The fraction of sp³-hybridized carbons (Fsp3) is 0.444. The first kappa shape index (κ1) is 31.6. The van der Waals surface area contributed by atoms with Crippen LogP contribution in [0.2, 0.25) is 0 Å². The van der Waals surface area contributed by atoms with Crippen LogP contribution in [0.25, 0.3) is 11.0 Å². The largest absolute Gasteiger partial charge is 0.462 e. The van der Waals surface area contributed by atoms with Gasteiger partial charge in [-0.25, -0.2) is 9.78 Å². The first-order valence-electron chi connectivity index (χ1n) is 12.6. The number of H-pyrrole nitrogens is 1. The van der Waals surface area contributed by atoms with Crippen LogP contribution in [-0.4, -0.2) is 41.3 Å². The second kappa shape index (κ2) is 11.9. The summed E-state index contributed by atoms with van der Waals surface area (Å²) in [5, 5.41) is 7.66. The van der Waals surface area contributed by atoms with E-state index in [1.54, 1.807) is 45.9 Å². The third-order valence-electron chi connectivity index (χ3n) is 6.06. The number of anilines is 1. The molecule has 0 fully saturated rings. The number of nitrogens with one attached hydrogen (secondary N) is 4. The number of hydrogen-bond acceptors (Lipinski definition) is 5.